The van der Waals surface area contributed by atoms with Crippen molar-refractivity contribution in [3.63, 3.8) is 0 Å². The van der Waals surface area contributed by atoms with Crippen molar-refractivity contribution in [3.8, 4) is 5.75 Å². The van der Waals surface area contributed by atoms with E-state index in [1.165, 1.54) is 0 Å². The van der Waals surface area contributed by atoms with E-state index in [0.717, 1.165) is 5.56 Å². The number of aliphatic hydroxyl groups is 1. The quantitative estimate of drug-likeness (QED) is 0.750. The first-order valence-electron chi connectivity index (χ1n) is 10.1. The van der Waals surface area contributed by atoms with Crippen molar-refractivity contribution in [1.82, 2.24) is 15.3 Å². The largest absolute Gasteiger partial charge is 0.486 e. The van der Waals surface area contributed by atoms with Crippen LogP contribution in [-0.4, -0.2) is 52.0 Å². The normalized spacial score (nSPS) is 16.1. The SMILES string of the molecule is CC(C)(C)OC(=O)NC1(CO)CCN(c2ncc(OCc3ccccc3)cn2)CC1. The number of hydrogen-bond acceptors (Lipinski definition) is 7. The summed E-state index contributed by atoms with van der Waals surface area (Å²) in [6.45, 7) is 6.97. The van der Waals surface area contributed by atoms with Crippen LogP contribution < -0.4 is 15.0 Å². The number of aliphatic hydroxyl groups excluding tert-OH is 1. The fraction of sp³-hybridized carbons (Fsp3) is 0.500. The highest BCUT2D eigenvalue weighted by Gasteiger charge is 2.37. The van der Waals surface area contributed by atoms with Gasteiger partial charge in [0.25, 0.3) is 0 Å². The fourth-order valence-electron chi connectivity index (χ4n) is 3.27. The molecular formula is C22H30N4O4. The zero-order chi connectivity index (χ0) is 21.6. The third-order valence-corrected chi connectivity index (χ3v) is 4.94. The lowest BCUT2D eigenvalue weighted by Gasteiger charge is -2.41. The predicted molar refractivity (Wildman–Crippen MR) is 113 cm³/mol. The Kier molecular flexibility index (Phi) is 6.77. The van der Waals surface area contributed by atoms with E-state index >= 15 is 0 Å². The number of amides is 1. The Morgan fingerprint density at radius 1 is 1.17 bits per heavy atom. The number of carbonyl (C=O) groups is 1. The number of ether oxygens (including phenoxy) is 2. The van der Waals surface area contributed by atoms with E-state index in [4.69, 9.17) is 9.47 Å². The van der Waals surface area contributed by atoms with Gasteiger partial charge >= 0.3 is 6.09 Å². The molecule has 1 fully saturated rings. The van der Waals surface area contributed by atoms with Gasteiger partial charge in [-0.3, -0.25) is 0 Å². The average molecular weight is 415 g/mol. The van der Waals surface area contributed by atoms with E-state index in [1.54, 1.807) is 12.4 Å². The molecule has 2 aromatic rings. The molecule has 0 bridgehead atoms. The lowest BCUT2D eigenvalue weighted by Crippen LogP contribution is -2.58. The van der Waals surface area contributed by atoms with Crippen molar-refractivity contribution in [3.05, 3.63) is 48.3 Å². The van der Waals surface area contributed by atoms with Gasteiger partial charge in [-0.1, -0.05) is 30.3 Å². The zero-order valence-electron chi connectivity index (χ0n) is 17.8. The minimum Gasteiger partial charge on any atom is -0.486 e. The Labute approximate surface area is 177 Å². The Bertz CT molecular complexity index is 813. The van der Waals surface area contributed by atoms with Crippen molar-refractivity contribution in [2.75, 3.05) is 24.6 Å². The summed E-state index contributed by atoms with van der Waals surface area (Å²) < 4.78 is 11.1. The van der Waals surface area contributed by atoms with Gasteiger partial charge in [-0.15, -0.1) is 0 Å². The Morgan fingerprint density at radius 3 is 2.37 bits per heavy atom. The molecule has 0 spiro atoms. The van der Waals surface area contributed by atoms with Crippen LogP contribution in [0.1, 0.15) is 39.2 Å². The summed E-state index contributed by atoms with van der Waals surface area (Å²) in [6.07, 6.45) is 3.95. The topological polar surface area (TPSA) is 96.8 Å². The molecule has 1 aromatic carbocycles. The standard InChI is InChI=1S/C22H30N4O4/c1-21(2,3)30-20(28)25-22(16-27)9-11-26(12-10-22)19-23-13-18(14-24-19)29-15-17-7-5-4-6-8-17/h4-8,13-14,27H,9-12,15-16H2,1-3H3,(H,25,28). The fourth-order valence-corrected chi connectivity index (χ4v) is 3.27. The lowest BCUT2D eigenvalue weighted by atomic mass is 9.88. The summed E-state index contributed by atoms with van der Waals surface area (Å²) in [7, 11) is 0. The highest BCUT2D eigenvalue weighted by molar-refractivity contribution is 5.69. The maximum atomic E-state index is 12.1. The molecule has 8 nitrogen and oxygen atoms in total. The molecule has 1 amide bonds. The van der Waals surface area contributed by atoms with Gasteiger partial charge in [-0.2, -0.15) is 0 Å². The molecule has 162 valence electrons. The van der Waals surface area contributed by atoms with Crippen molar-refractivity contribution in [1.29, 1.82) is 0 Å². The molecule has 0 atom stereocenters. The molecule has 30 heavy (non-hydrogen) atoms. The van der Waals surface area contributed by atoms with Crippen LogP contribution in [0.5, 0.6) is 5.75 Å². The number of benzene rings is 1. The van der Waals surface area contributed by atoms with Gasteiger partial charge in [0, 0.05) is 13.1 Å². The van der Waals surface area contributed by atoms with Gasteiger partial charge in [0.1, 0.15) is 12.2 Å². The molecule has 1 aromatic heterocycles. The number of alkyl carbamates (subject to hydrolysis) is 1. The van der Waals surface area contributed by atoms with Crippen LogP contribution >= 0.6 is 0 Å². The number of carbonyl (C=O) groups excluding carboxylic acids is 1. The number of piperidine rings is 1. The minimum absolute atomic E-state index is 0.146. The van der Waals surface area contributed by atoms with Crippen LogP contribution in [0.2, 0.25) is 0 Å². The van der Waals surface area contributed by atoms with Crippen LogP contribution in [0, 0.1) is 0 Å². The first-order valence-corrected chi connectivity index (χ1v) is 10.1. The number of nitrogens with zero attached hydrogens (tertiary/aromatic N) is 3. The molecule has 0 unspecified atom stereocenters. The Hall–Kier alpha value is -2.87. The monoisotopic (exact) mass is 414 g/mol. The average Bonchev–Trinajstić information content (AvgIpc) is 2.72. The smallest absolute Gasteiger partial charge is 0.408 e. The summed E-state index contributed by atoms with van der Waals surface area (Å²) in [5.41, 5.74) is -0.201. The van der Waals surface area contributed by atoms with Crippen LogP contribution in [0.4, 0.5) is 10.7 Å². The Balaban J connectivity index is 1.53. The second-order valence-corrected chi connectivity index (χ2v) is 8.55. The molecule has 0 saturated carbocycles. The highest BCUT2D eigenvalue weighted by Crippen LogP contribution is 2.25. The van der Waals surface area contributed by atoms with E-state index in [1.807, 2.05) is 56.0 Å². The summed E-state index contributed by atoms with van der Waals surface area (Å²) in [6, 6.07) is 9.91. The second-order valence-electron chi connectivity index (χ2n) is 8.55. The third-order valence-electron chi connectivity index (χ3n) is 4.94. The number of rotatable bonds is 6. The van der Waals surface area contributed by atoms with Crippen molar-refractivity contribution in [2.24, 2.45) is 0 Å². The summed E-state index contributed by atoms with van der Waals surface area (Å²) in [5, 5.41) is 12.8. The molecule has 2 heterocycles. The molecule has 3 rings (SSSR count). The summed E-state index contributed by atoms with van der Waals surface area (Å²) >= 11 is 0. The molecular weight excluding hydrogens is 384 g/mol. The summed E-state index contributed by atoms with van der Waals surface area (Å²) in [4.78, 5) is 23.0. The van der Waals surface area contributed by atoms with Crippen LogP contribution in [0.15, 0.2) is 42.7 Å². The van der Waals surface area contributed by atoms with Gasteiger partial charge in [0.15, 0.2) is 5.75 Å². The molecule has 1 saturated heterocycles. The number of nitrogens with one attached hydrogen (secondary N) is 1. The van der Waals surface area contributed by atoms with E-state index in [2.05, 4.69) is 15.3 Å². The molecule has 0 radical (unpaired) electrons. The molecule has 8 heteroatoms. The van der Waals surface area contributed by atoms with E-state index in [-0.39, 0.29) is 6.61 Å². The predicted octanol–water partition coefficient (Wildman–Crippen LogP) is 2.91. The number of aromatic nitrogens is 2. The zero-order valence-corrected chi connectivity index (χ0v) is 17.8. The van der Waals surface area contributed by atoms with E-state index in [0.29, 0.717) is 44.2 Å². The minimum atomic E-state index is -0.697. The first kappa shape index (κ1) is 21.8. The number of anilines is 1. The Morgan fingerprint density at radius 2 is 1.80 bits per heavy atom. The second kappa shape index (κ2) is 9.30. The molecule has 0 aliphatic carbocycles. The van der Waals surface area contributed by atoms with Crippen molar-refractivity contribution < 1.29 is 19.4 Å². The highest BCUT2D eigenvalue weighted by atomic mass is 16.6. The summed E-state index contributed by atoms with van der Waals surface area (Å²) in [5.74, 6) is 1.21. The molecule has 1 aliphatic rings. The van der Waals surface area contributed by atoms with Gasteiger partial charge in [0.05, 0.1) is 24.5 Å². The van der Waals surface area contributed by atoms with Crippen LogP contribution in [0.3, 0.4) is 0 Å². The maximum Gasteiger partial charge on any atom is 0.408 e. The van der Waals surface area contributed by atoms with Crippen molar-refractivity contribution >= 4 is 12.0 Å². The van der Waals surface area contributed by atoms with E-state index < -0.39 is 17.2 Å². The van der Waals surface area contributed by atoms with Gasteiger partial charge < -0.3 is 24.8 Å². The first-order chi connectivity index (χ1) is 14.3. The van der Waals surface area contributed by atoms with Gasteiger partial charge in [0.2, 0.25) is 5.95 Å². The van der Waals surface area contributed by atoms with Crippen molar-refractivity contribution in [2.45, 2.75) is 51.4 Å². The van der Waals surface area contributed by atoms with Gasteiger partial charge in [-0.25, -0.2) is 14.8 Å². The number of hydrogen-bond donors (Lipinski definition) is 2. The lowest BCUT2D eigenvalue weighted by molar-refractivity contribution is 0.0364. The van der Waals surface area contributed by atoms with E-state index in [9.17, 15) is 9.90 Å². The van der Waals surface area contributed by atoms with Crippen LogP contribution in [-0.2, 0) is 11.3 Å². The van der Waals surface area contributed by atoms with Gasteiger partial charge in [-0.05, 0) is 39.2 Å². The molecule has 2 N–H and O–H groups in total. The maximum absolute atomic E-state index is 12.1. The van der Waals surface area contributed by atoms with Crippen LogP contribution in [0.25, 0.3) is 0 Å². The third kappa shape index (κ3) is 6.06. The molecule has 1 aliphatic heterocycles.